The zero-order valence-corrected chi connectivity index (χ0v) is 9.01. The maximum Gasteiger partial charge on any atom is 0.144 e. The Bertz CT molecular complexity index is 516. The van der Waals surface area contributed by atoms with E-state index in [0.717, 1.165) is 5.65 Å². The lowest BCUT2D eigenvalue weighted by Gasteiger charge is -1.93. The van der Waals surface area contributed by atoms with Gasteiger partial charge >= 0.3 is 0 Å². The van der Waals surface area contributed by atoms with Crippen LogP contribution in [-0.2, 0) is 0 Å². The van der Waals surface area contributed by atoms with Gasteiger partial charge in [-0.2, -0.15) is 0 Å². The van der Waals surface area contributed by atoms with Gasteiger partial charge in [0.25, 0.3) is 0 Å². The van der Waals surface area contributed by atoms with Gasteiger partial charge in [-0.25, -0.2) is 4.98 Å². The third-order valence-electron chi connectivity index (χ3n) is 2.24. The van der Waals surface area contributed by atoms with Crippen LogP contribution in [0.1, 0.15) is 13.8 Å². The van der Waals surface area contributed by atoms with Gasteiger partial charge in [-0.05, 0) is 30.3 Å². The summed E-state index contributed by atoms with van der Waals surface area (Å²) in [6, 6.07) is 12.3. The first-order chi connectivity index (χ1) is 7.45. The van der Waals surface area contributed by atoms with Crippen molar-refractivity contribution in [2.24, 2.45) is 0 Å². The molecule has 0 fully saturated rings. The molecule has 76 valence electrons. The highest BCUT2D eigenvalue weighted by atomic mass is 15.0. The minimum atomic E-state index is 1.03. The fourth-order valence-corrected chi connectivity index (χ4v) is 1.65. The average Bonchev–Trinajstić information content (AvgIpc) is 2.70. The van der Waals surface area contributed by atoms with E-state index in [2.05, 4.69) is 27.6 Å². The van der Waals surface area contributed by atoms with Crippen molar-refractivity contribution >= 4 is 16.6 Å². The van der Waals surface area contributed by atoms with E-state index in [1.54, 1.807) is 0 Å². The third kappa shape index (κ3) is 1.59. The zero-order chi connectivity index (χ0) is 10.7. The fraction of sp³-hybridized carbons (Fsp3) is 0.154. The van der Waals surface area contributed by atoms with Gasteiger partial charge < -0.3 is 4.40 Å². The molecule has 0 aliphatic rings. The Kier molecular flexibility index (Phi) is 2.68. The summed E-state index contributed by atoms with van der Waals surface area (Å²) < 4.78 is 2.09. The first kappa shape index (κ1) is 9.71. The van der Waals surface area contributed by atoms with E-state index in [0.29, 0.717) is 0 Å². The van der Waals surface area contributed by atoms with Gasteiger partial charge in [0, 0.05) is 23.3 Å². The van der Waals surface area contributed by atoms with E-state index in [1.807, 2.05) is 44.4 Å². The fourth-order valence-electron chi connectivity index (χ4n) is 1.65. The van der Waals surface area contributed by atoms with Crippen molar-refractivity contribution in [2.45, 2.75) is 13.8 Å². The smallest absolute Gasteiger partial charge is 0.144 e. The van der Waals surface area contributed by atoms with Gasteiger partial charge in [0.05, 0.1) is 0 Å². The molecule has 0 unspecified atom stereocenters. The van der Waals surface area contributed by atoms with Gasteiger partial charge in [0.2, 0.25) is 0 Å². The predicted molar refractivity (Wildman–Crippen MR) is 64.0 cm³/mol. The van der Waals surface area contributed by atoms with Crippen molar-refractivity contribution in [1.29, 1.82) is 0 Å². The summed E-state index contributed by atoms with van der Waals surface area (Å²) in [6.07, 6.45) is 3.85. The van der Waals surface area contributed by atoms with Crippen molar-refractivity contribution in [1.82, 2.24) is 9.38 Å². The van der Waals surface area contributed by atoms with E-state index >= 15 is 0 Å². The summed E-state index contributed by atoms with van der Waals surface area (Å²) in [5, 5.41) is 1.19. The van der Waals surface area contributed by atoms with Crippen LogP contribution in [0.4, 0.5) is 0 Å². The molecule has 0 saturated heterocycles. The molecule has 0 amide bonds. The van der Waals surface area contributed by atoms with Crippen molar-refractivity contribution in [3.63, 3.8) is 0 Å². The maximum absolute atomic E-state index is 4.33. The van der Waals surface area contributed by atoms with E-state index < -0.39 is 0 Å². The largest absolute Gasteiger partial charge is 0.301 e. The van der Waals surface area contributed by atoms with E-state index in [-0.39, 0.29) is 0 Å². The van der Waals surface area contributed by atoms with Crippen molar-refractivity contribution in [3.05, 3.63) is 48.8 Å². The number of hydrogen-bond donors (Lipinski definition) is 0. The highest BCUT2D eigenvalue weighted by molar-refractivity contribution is 5.83. The SMILES string of the molecule is CC.c1cnc2c(c1)cc1ccccn12. The lowest BCUT2D eigenvalue weighted by Crippen LogP contribution is -1.83. The van der Waals surface area contributed by atoms with Crippen molar-refractivity contribution in [3.8, 4) is 0 Å². The molecule has 3 heterocycles. The standard InChI is InChI=1S/C11H8N2.C2H6/c1-2-7-13-10(5-1)8-9-4-3-6-12-11(9)13;1-2/h1-8H;1-2H3. The zero-order valence-electron chi connectivity index (χ0n) is 9.01. The third-order valence-corrected chi connectivity index (χ3v) is 2.24. The number of fused-ring (bicyclic) bond motifs is 3. The molecule has 3 aromatic rings. The molecule has 2 nitrogen and oxygen atoms in total. The highest BCUT2D eigenvalue weighted by Crippen LogP contribution is 2.16. The molecule has 0 bridgehead atoms. The minimum Gasteiger partial charge on any atom is -0.301 e. The van der Waals surface area contributed by atoms with Crippen LogP contribution in [0.3, 0.4) is 0 Å². The molecular formula is C13H14N2. The molecule has 0 spiro atoms. The van der Waals surface area contributed by atoms with E-state index in [4.69, 9.17) is 0 Å². The van der Waals surface area contributed by atoms with Crippen LogP contribution in [0.25, 0.3) is 16.6 Å². The first-order valence-corrected chi connectivity index (χ1v) is 5.26. The molecule has 0 aliphatic heterocycles. The number of pyridine rings is 2. The Hall–Kier alpha value is -1.83. The van der Waals surface area contributed by atoms with Crippen LogP contribution in [0.2, 0.25) is 0 Å². The second-order valence-corrected chi connectivity index (χ2v) is 3.06. The number of rotatable bonds is 0. The van der Waals surface area contributed by atoms with E-state index in [1.165, 1.54) is 10.9 Å². The molecular weight excluding hydrogens is 184 g/mol. The molecule has 0 aliphatic carbocycles. The van der Waals surface area contributed by atoms with Crippen LogP contribution in [-0.4, -0.2) is 9.38 Å². The average molecular weight is 198 g/mol. The van der Waals surface area contributed by atoms with Gasteiger partial charge in [0.1, 0.15) is 5.65 Å². The summed E-state index contributed by atoms with van der Waals surface area (Å²) in [4.78, 5) is 4.33. The Labute approximate surface area is 89.2 Å². The molecule has 0 aromatic carbocycles. The summed E-state index contributed by atoms with van der Waals surface area (Å²) in [5.41, 5.74) is 2.22. The number of aromatic nitrogens is 2. The molecule has 3 rings (SSSR count). The maximum atomic E-state index is 4.33. The second kappa shape index (κ2) is 4.13. The summed E-state index contributed by atoms with van der Waals surface area (Å²) >= 11 is 0. The Morgan fingerprint density at radius 1 is 1.07 bits per heavy atom. The van der Waals surface area contributed by atoms with Gasteiger partial charge in [-0.3, -0.25) is 0 Å². The molecule has 3 aromatic heterocycles. The van der Waals surface area contributed by atoms with E-state index in [9.17, 15) is 0 Å². The number of nitrogens with zero attached hydrogens (tertiary/aromatic N) is 2. The molecule has 15 heavy (non-hydrogen) atoms. The van der Waals surface area contributed by atoms with Crippen LogP contribution >= 0.6 is 0 Å². The van der Waals surface area contributed by atoms with Crippen LogP contribution < -0.4 is 0 Å². The Morgan fingerprint density at radius 2 is 1.93 bits per heavy atom. The highest BCUT2D eigenvalue weighted by Gasteiger charge is 1.99. The van der Waals surface area contributed by atoms with Gasteiger partial charge in [-0.15, -0.1) is 0 Å². The Morgan fingerprint density at radius 3 is 2.80 bits per heavy atom. The van der Waals surface area contributed by atoms with Crippen LogP contribution in [0.5, 0.6) is 0 Å². The predicted octanol–water partition coefficient (Wildman–Crippen LogP) is 3.51. The van der Waals surface area contributed by atoms with Crippen LogP contribution in [0, 0.1) is 0 Å². The van der Waals surface area contributed by atoms with Crippen molar-refractivity contribution in [2.75, 3.05) is 0 Å². The molecule has 0 radical (unpaired) electrons. The van der Waals surface area contributed by atoms with Crippen LogP contribution in [0.15, 0.2) is 48.8 Å². The lowest BCUT2D eigenvalue weighted by atomic mass is 10.3. The summed E-state index contributed by atoms with van der Waals surface area (Å²) in [5.74, 6) is 0. The minimum absolute atomic E-state index is 1.03. The van der Waals surface area contributed by atoms with Gasteiger partial charge in [-0.1, -0.05) is 19.9 Å². The van der Waals surface area contributed by atoms with Crippen molar-refractivity contribution < 1.29 is 0 Å². The topological polar surface area (TPSA) is 17.3 Å². The Balaban J connectivity index is 0.000000404. The quantitative estimate of drug-likeness (QED) is 0.540. The molecule has 0 saturated carbocycles. The summed E-state index contributed by atoms with van der Waals surface area (Å²) in [6.45, 7) is 4.00. The monoisotopic (exact) mass is 198 g/mol. The molecule has 0 N–H and O–H groups in total. The van der Waals surface area contributed by atoms with Gasteiger partial charge in [0.15, 0.2) is 0 Å². The first-order valence-electron chi connectivity index (χ1n) is 5.26. The second-order valence-electron chi connectivity index (χ2n) is 3.06. The number of hydrogen-bond acceptors (Lipinski definition) is 1. The lowest BCUT2D eigenvalue weighted by molar-refractivity contribution is 1.20. The molecule has 2 heteroatoms. The summed E-state index contributed by atoms with van der Waals surface area (Å²) in [7, 11) is 0. The molecule has 0 atom stereocenters. The normalized spacial score (nSPS) is 10.0.